The van der Waals surface area contributed by atoms with E-state index in [4.69, 9.17) is 0 Å². The van der Waals surface area contributed by atoms with Gasteiger partial charge in [0, 0.05) is 32.6 Å². The molecule has 1 aliphatic rings. The van der Waals surface area contributed by atoms with Crippen LogP contribution in [0.3, 0.4) is 0 Å². The molecule has 0 aliphatic heterocycles. The van der Waals surface area contributed by atoms with Gasteiger partial charge in [-0.1, -0.05) is 12.8 Å². The summed E-state index contributed by atoms with van der Waals surface area (Å²) in [5.74, 6) is 0.937. The van der Waals surface area contributed by atoms with Crippen molar-refractivity contribution in [2.24, 2.45) is 10.4 Å². The van der Waals surface area contributed by atoms with Gasteiger partial charge < -0.3 is 15.5 Å². The van der Waals surface area contributed by atoms with Crippen LogP contribution >= 0.6 is 11.3 Å². The van der Waals surface area contributed by atoms with Gasteiger partial charge in [0.05, 0.1) is 17.7 Å². The fourth-order valence-electron chi connectivity index (χ4n) is 3.24. The maximum Gasteiger partial charge on any atom is 0.230 e. The summed E-state index contributed by atoms with van der Waals surface area (Å²) in [6.07, 6.45) is 4.12. The van der Waals surface area contributed by atoms with Crippen LogP contribution in [0.25, 0.3) is 0 Å². The molecule has 0 spiro atoms. The zero-order chi connectivity index (χ0) is 17.7. The molecule has 1 heterocycles. The second-order valence-corrected chi connectivity index (χ2v) is 8.00. The number of aromatic nitrogens is 1. The number of amides is 1. The zero-order valence-electron chi connectivity index (χ0n) is 15.4. The van der Waals surface area contributed by atoms with Crippen molar-refractivity contribution in [1.29, 1.82) is 0 Å². The van der Waals surface area contributed by atoms with E-state index in [1.54, 1.807) is 23.3 Å². The number of thiazole rings is 1. The first-order valence-electron chi connectivity index (χ1n) is 8.47. The van der Waals surface area contributed by atoms with Crippen LogP contribution in [0.5, 0.6) is 0 Å². The van der Waals surface area contributed by atoms with Gasteiger partial charge in [-0.25, -0.2) is 4.98 Å². The number of carbonyl (C=O) groups is 1. The van der Waals surface area contributed by atoms with Gasteiger partial charge in [-0.15, -0.1) is 11.3 Å². The Morgan fingerprint density at radius 2 is 1.96 bits per heavy atom. The molecule has 7 heteroatoms. The van der Waals surface area contributed by atoms with Gasteiger partial charge in [0.1, 0.15) is 5.01 Å². The van der Waals surface area contributed by atoms with Crippen molar-refractivity contribution in [1.82, 2.24) is 20.5 Å². The zero-order valence-corrected chi connectivity index (χ0v) is 16.2. The van der Waals surface area contributed by atoms with E-state index in [0.717, 1.165) is 42.3 Å². The summed E-state index contributed by atoms with van der Waals surface area (Å²) in [4.78, 5) is 24.4. The molecular formula is C17H29N5OS. The third kappa shape index (κ3) is 4.26. The Balaban J connectivity index is 1.93. The van der Waals surface area contributed by atoms with Crippen LogP contribution in [0.4, 0.5) is 0 Å². The second-order valence-electron chi connectivity index (χ2n) is 6.72. The fourth-order valence-corrected chi connectivity index (χ4v) is 4.11. The Hall–Kier alpha value is -1.63. The number of aryl methyl sites for hydroxylation is 2. The Bertz CT molecular complexity index is 583. The van der Waals surface area contributed by atoms with E-state index in [1.165, 1.54) is 4.88 Å². The van der Waals surface area contributed by atoms with Crippen LogP contribution in [-0.4, -0.2) is 49.4 Å². The monoisotopic (exact) mass is 351 g/mol. The molecule has 0 unspecified atom stereocenters. The van der Waals surface area contributed by atoms with E-state index in [-0.39, 0.29) is 11.3 Å². The lowest BCUT2D eigenvalue weighted by atomic mass is 9.84. The SMILES string of the molecule is CN=C(NCc1nc(C)c(C)s1)NCC1(C(=O)N(C)C)CCCC1. The topological polar surface area (TPSA) is 69.6 Å². The maximum absolute atomic E-state index is 12.6. The number of guanidine groups is 1. The minimum absolute atomic E-state index is 0.217. The molecule has 1 aromatic heterocycles. The number of aliphatic imine (C=N–C) groups is 1. The highest BCUT2D eigenvalue weighted by atomic mass is 32.1. The summed E-state index contributed by atoms with van der Waals surface area (Å²) in [6.45, 7) is 5.38. The van der Waals surface area contributed by atoms with Crippen molar-refractivity contribution in [3.05, 3.63) is 15.6 Å². The molecule has 0 aromatic carbocycles. The summed E-state index contributed by atoms with van der Waals surface area (Å²) in [5, 5.41) is 7.69. The number of nitrogens with zero attached hydrogens (tertiary/aromatic N) is 3. The van der Waals surface area contributed by atoms with Crippen molar-refractivity contribution in [3.63, 3.8) is 0 Å². The second kappa shape index (κ2) is 7.96. The Morgan fingerprint density at radius 1 is 1.29 bits per heavy atom. The molecule has 0 saturated heterocycles. The van der Waals surface area contributed by atoms with Crippen molar-refractivity contribution in [3.8, 4) is 0 Å². The molecule has 1 aliphatic carbocycles. The lowest BCUT2D eigenvalue weighted by Gasteiger charge is -2.31. The van der Waals surface area contributed by atoms with Gasteiger partial charge in [-0.2, -0.15) is 0 Å². The van der Waals surface area contributed by atoms with Gasteiger partial charge in [-0.05, 0) is 26.7 Å². The number of hydrogen-bond acceptors (Lipinski definition) is 4. The summed E-state index contributed by atoms with van der Waals surface area (Å²) < 4.78 is 0. The summed E-state index contributed by atoms with van der Waals surface area (Å²) in [7, 11) is 5.42. The molecule has 1 saturated carbocycles. The van der Waals surface area contributed by atoms with Gasteiger partial charge in [0.15, 0.2) is 5.96 Å². The molecule has 1 amide bonds. The molecule has 2 rings (SSSR count). The number of carbonyl (C=O) groups excluding carboxylic acids is 1. The molecular weight excluding hydrogens is 322 g/mol. The molecule has 6 nitrogen and oxygen atoms in total. The average Bonchev–Trinajstić information content (AvgIpc) is 3.15. The Kier molecular flexibility index (Phi) is 6.21. The highest BCUT2D eigenvalue weighted by Crippen LogP contribution is 2.38. The van der Waals surface area contributed by atoms with Crippen LogP contribution in [0.15, 0.2) is 4.99 Å². The quantitative estimate of drug-likeness (QED) is 0.629. The van der Waals surface area contributed by atoms with Crippen molar-refractivity contribution >= 4 is 23.2 Å². The van der Waals surface area contributed by atoms with Crippen molar-refractivity contribution in [2.45, 2.75) is 46.1 Å². The smallest absolute Gasteiger partial charge is 0.230 e. The molecule has 24 heavy (non-hydrogen) atoms. The van der Waals surface area contributed by atoms with E-state index in [0.29, 0.717) is 13.1 Å². The first kappa shape index (κ1) is 18.7. The summed E-state index contributed by atoms with van der Waals surface area (Å²) in [5.41, 5.74) is 0.788. The minimum atomic E-state index is -0.296. The van der Waals surface area contributed by atoms with Crippen LogP contribution in [0.1, 0.15) is 41.3 Å². The van der Waals surface area contributed by atoms with Crippen LogP contribution in [0, 0.1) is 19.3 Å². The fraction of sp³-hybridized carbons (Fsp3) is 0.706. The lowest BCUT2D eigenvalue weighted by molar-refractivity contribution is -0.138. The summed E-state index contributed by atoms with van der Waals surface area (Å²) in [6, 6.07) is 0. The molecule has 0 bridgehead atoms. The predicted molar refractivity (Wildman–Crippen MR) is 99.4 cm³/mol. The number of rotatable bonds is 5. The lowest BCUT2D eigenvalue weighted by Crippen LogP contribution is -2.49. The number of nitrogens with one attached hydrogen (secondary N) is 2. The molecule has 1 fully saturated rings. The Morgan fingerprint density at radius 3 is 2.46 bits per heavy atom. The maximum atomic E-state index is 12.6. The van der Waals surface area contributed by atoms with E-state index in [2.05, 4.69) is 27.5 Å². The molecule has 1 aromatic rings. The van der Waals surface area contributed by atoms with Crippen LogP contribution in [-0.2, 0) is 11.3 Å². The van der Waals surface area contributed by atoms with E-state index in [1.807, 2.05) is 21.0 Å². The van der Waals surface area contributed by atoms with Gasteiger partial charge in [0.25, 0.3) is 0 Å². The molecule has 0 atom stereocenters. The standard InChI is InChI=1S/C17H29N5OS/c1-12-13(2)24-14(21-12)10-19-16(18-3)20-11-17(8-6-7-9-17)15(23)22(4)5/h6-11H2,1-5H3,(H2,18,19,20). The average molecular weight is 352 g/mol. The highest BCUT2D eigenvalue weighted by molar-refractivity contribution is 7.11. The third-order valence-electron chi connectivity index (χ3n) is 4.72. The summed E-state index contributed by atoms with van der Waals surface area (Å²) >= 11 is 1.70. The van der Waals surface area contributed by atoms with Crippen LogP contribution in [0.2, 0.25) is 0 Å². The third-order valence-corrected chi connectivity index (χ3v) is 5.79. The first-order chi connectivity index (χ1) is 11.4. The molecule has 0 radical (unpaired) electrons. The van der Waals surface area contributed by atoms with Crippen LogP contribution < -0.4 is 10.6 Å². The normalized spacial score (nSPS) is 17.0. The molecule has 2 N–H and O–H groups in total. The minimum Gasteiger partial charge on any atom is -0.355 e. The van der Waals surface area contributed by atoms with Gasteiger partial charge in [-0.3, -0.25) is 9.79 Å². The van der Waals surface area contributed by atoms with E-state index < -0.39 is 0 Å². The predicted octanol–water partition coefficient (Wildman–Crippen LogP) is 2.07. The van der Waals surface area contributed by atoms with E-state index >= 15 is 0 Å². The first-order valence-corrected chi connectivity index (χ1v) is 9.29. The van der Waals surface area contributed by atoms with Crippen molar-refractivity contribution < 1.29 is 4.79 Å². The van der Waals surface area contributed by atoms with Gasteiger partial charge in [0.2, 0.25) is 5.91 Å². The largest absolute Gasteiger partial charge is 0.355 e. The Labute approximate surface area is 148 Å². The van der Waals surface area contributed by atoms with Gasteiger partial charge >= 0.3 is 0 Å². The van der Waals surface area contributed by atoms with Crippen molar-refractivity contribution in [2.75, 3.05) is 27.7 Å². The number of hydrogen-bond donors (Lipinski definition) is 2. The highest BCUT2D eigenvalue weighted by Gasteiger charge is 2.42. The molecule has 134 valence electrons. The van der Waals surface area contributed by atoms with E-state index in [9.17, 15) is 4.79 Å².